The Hall–Kier alpha value is -1.53. The third-order valence-electron chi connectivity index (χ3n) is 3.72. The van der Waals surface area contributed by atoms with Crippen molar-refractivity contribution in [3.05, 3.63) is 29.8 Å². The number of benzene rings is 1. The standard InChI is InChI=1S/C16H22N2O/c1-3-10-18-16(12-17)9-8-15(11-16)19-14-6-4-13(2)5-7-14/h4-7,15,18H,3,8-11H2,1-2H3. The van der Waals surface area contributed by atoms with Gasteiger partial charge in [0.2, 0.25) is 0 Å². The zero-order chi connectivity index (χ0) is 13.7. The molecular formula is C16H22N2O. The lowest BCUT2D eigenvalue weighted by Crippen LogP contribution is -2.42. The van der Waals surface area contributed by atoms with Gasteiger partial charge >= 0.3 is 0 Å². The first-order valence-electron chi connectivity index (χ1n) is 7.07. The van der Waals surface area contributed by atoms with Gasteiger partial charge < -0.3 is 4.74 Å². The minimum atomic E-state index is -0.384. The van der Waals surface area contributed by atoms with Crippen molar-refractivity contribution in [3.63, 3.8) is 0 Å². The van der Waals surface area contributed by atoms with E-state index in [1.54, 1.807) is 0 Å². The van der Waals surface area contributed by atoms with Crippen molar-refractivity contribution >= 4 is 0 Å². The first kappa shape index (κ1) is 13.9. The fourth-order valence-corrected chi connectivity index (χ4v) is 2.58. The van der Waals surface area contributed by atoms with E-state index >= 15 is 0 Å². The zero-order valence-electron chi connectivity index (χ0n) is 11.8. The van der Waals surface area contributed by atoms with Crippen molar-refractivity contribution in [2.24, 2.45) is 0 Å². The largest absolute Gasteiger partial charge is 0.490 e. The molecule has 1 aliphatic carbocycles. The second-order valence-electron chi connectivity index (χ2n) is 5.42. The predicted octanol–water partition coefficient (Wildman–Crippen LogP) is 3.19. The third kappa shape index (κ3) is 3.48. The zero-order valence-corrected chi connectivity index (χ0v) is 11.8. The van der Waals surface area contributed by atoms with Crippen LogP contribution in [0.5, 0.6) is 5.75 Å². The third-order valence-corrected chi connectivity index (χ3v) is 3.72. The van der Waals surface area contributed by atoms with Crippen LogP contribution in [0.3, 0.4) is 0 Å². The monoisotopic (exact) mass is 258 g/mol. The number of hydrogen-bond donors (Lipinski definition) is 1. The molecule has 19 heavy (non-hydrogen) atoms. The molecule has 0 heterocycles. The summed E-state index contributed by atoms with van der Waals surface area (Å²) in [4.78, 5) is 0. The molecule has 1 N–H and O–H groups in total. The van der Waals surface area contributed by atoms with Crippen molar-refractivity contribution in [2.45, 2.75) is 51.2 Å². The number of nitrogens with one attached hydrogen (secondary N) is 1. The Kier molecular flexibility index (Phi) is 4.44. The van der Waals surface area contributed by atoms with Crippen molar-refractivity contribution in [3.8, 4) is 11.8 Å². The maximum Gasteiger partial charge on any atom is 0.119 e. The normalized spacial score (nSPS) is 26.1. The van der Waals surface area contributed by atoms with Gasteiger partial charge in [0, 0.05) is 6.42 Å². The van der Waals surface area contributed by atoms with Gasteiger partial charge in [-0.1, -0.05) is 24.6 Å². The fraction of sp³-hybridized carbons (Fsp3) is 0.562. The van der Waals surface area contributed by atoms with Gasteiger partial charge in [-0.15, -0.1) is 0 Å². The van der Waals surface area contributed by atoms with Crippen LogP contribution in [0.4, 0.5) is 0 Å². The highest BCUT2D eigenvalue weighted by atomic mass is 16.5. The van der Waals surface area contributed by atoms with Crippen molar-refractivity contribution in [1.82, 2.24) is 5.32 Å². The Balaban J connectivity index is 1.94. The van der Waals surface area contributed by atoms with Gasteiger partial charge in [-0.2, -0.15) is 5.26 Å². The van der Waals surface area contributed by atoms with Gasteiger partial charge in [0.1, 0.15) is 17.4 Å². The van der Waals surface area contributed by atoms with E-state index in [-0.39, 0.29) is 11.6 Å². The van der Waals surface area contributed by atoms with E-state index in [4.69, 9.17) is 4.74 Å². The summed E-state index contributed by atoms with van der Waals surface area (Å²) >= 11 is 0. The van der Waals surface area contributed by atoms with Crippen LogP contribution in [0.25, 0.3) is 0 Å². The summed E-state index contributed by atoms with van der Waals surface area (Å²) in [5.41, 5.74) is 0.848. The van der Waals surface area contributed by atoms with Gasteiger partial charge in [-0.25, -0.2) is 0 Å². The Labute approximate surface area is 115 Å². The van der Waals surface area contributed by atoms with Gasteiger partial charge in [-0.05, 0) is 44.9 Å². The summed E-state index contributed by atoms with van der Waals surface area (Å²) in [5, 5.41) is 12.8. The minimum Gasteiger partial charge on any atom is -0.490 e. The number of aryl methyl sites for hydroxylation is 1. The summed E-state index contributed by atoms with van der Waals surface area (Å²) in [7, 11) is 0. The molecule has 0 saturated heterocycles. The number of nitriles is 1. The van der Waals surface area contributed by atoms with Crippen molar-refractivity contribution < 1.29 is 4.74 Å². The fourth-order valence-electron chi connectivity index (χ4n) is 2.58. The van der Waals surface area contributed by atoms with Crippen molar-refractivity contribution in [1.29, 1.82) is 5.26 Å². The van der Waals surface area contributed by atoms with Crippen LogP contribution in [0, 0.1) is 18.3 Å². The van der Waals surface area contributed by atoms with Crippen molar-refractivity contribution in [2.75, 3.05) is 6.54 Å². The molecule has 2 unspecified atom stereocenters. The van der Waals surface area contributed by atoms with Crippen LogP contribution in [-0.4, -0.2) is 18.2 Å². The van der Waals surface area contributed by atoms with Gasteiger partial charge in [-0.3, -0.25) is 5.32 Å². The maximum atomic E-state index is 9.40. The van der Waals surface area contributed by atoms with E-state index in [1.807, 2.05) is 12.1 Å². The van der Waals surface area contributed by atoms with Crippen LogP contribution in [0.1, 0.15) is 38.2 Å². The summed E-state index contributed by atoms with van der Waals surface area (Å²) in [6, 6.07) is 10.6. The molecule has 1 fully saturated rings. The highest BCUT2D eigenvalue weighted by molar-refractivity contribution is 5.27. The minimum absolute atomic E-state index is 0.145. The van der Waals surface area contributed by atoms with E-state index in [1.165, 1.54) is 5.56 Å². The van der Waals surface area contributed by atoms with Crippen LogP contribution in [-0.2, 0) is 0 Å². The summed E-state index contributed by atoms with van der Waals surface area (Å²) < 4.78 is 5.98. The van der Waals surface area contributed by atoms with E-state index in [0.29, 0.717) is 0 Å². The SMILES string of the molecule is CCCNC1(C#N)CCC(Oc2ccc(C)cc2)C1. The van der Waals surface area contributed by atoms with Crippen LogP contribution < -0.4 is 10.1 Å². The molecule has 3 heteroatoms. The molecule has 102 valence electrons. The summed E-state index contributed by atoms with van der Waals surface area (Å²) in [6.07, 6.45) is 3.79. The van der Waals surface area contributed by atoms with Crippen LogP contribution in [0.2, 0.25) is 0 Å². The lowest BCUT2D eigenvalue weighted by molar-refractivity contribution is 0.201. The van der Waals surface area contributed by atoms with Gasteiger partial charge in [0.05, 0.1) is 6.07 Å². The lowest BCUT2D eigenvalue weighted by atomic mass is 9.99. The Bertz CT molecular complexity index is 449. The molecular weight excluding hydrogens is 236 g/mol. The Morgan fingerprint density at radius 2 is 2.16 bits per heavy atom. The molecule has 1 aromatic rings. The van der Waals surface area contributed by atoms with Gasteiger partial charge in [0.25, 0.3) is 0 Å². The second kappa shape index (κ2) is 6.08. The Morgan fingerprint density at radius 3 is 2.79 bits per heavy atom. The number of ether oxygens (including phenoxy) is 1. The Morgan fingerprint density at radius 1 is 1.42 bits per heavy atom. The number of nitrogens with zero attached hydrogens (tertiary/aromatic N) is 1. The van der Waals surface area contributed by atoms with E-state index < -0.39 is 0 Å². The molecule has 0 bridgehead atoms. The highest BCUT2D eigenvalue weighted by Gasteiger charge is 2.40. The molecule has 0 radical (unpaired) electrons. The highest BCUT2D eigenvalue weighted by Crippen LogP contribution is 2.32. The molecule has 0 aliphatic heterocycles. The molecule has 0 aromatic heterocycles. The average Bonchev–Trinajstić information content (AvgIpc) is 2.83. The van der Waals surface area contributed by atoms with E-state index in [9.17, 15) is 5.26 Å². The second-order valence-corrected chi connectivity index (χ2v) is 5.42. The topological polar surface area (TPSA) is 45.0 Å². The first-order chi connectivity index (χ1) is 9.17. The quantitative estimate of drug-likeness (QED) is 0.882. The summed E-state index contributed by atoms with van der Waals surface area (Å²) in [5.74, 6) is 0.903. The lowest BCUT2D eigenvalue weighted by Gasteiger charge is -2.22. The van der Waals surface area contributed by atoms with Crippen LogP contribution >= 0.6 is 0 Å². The molecule has 0 spiro atoms. The summed E-state index contributed by atoms with van der Waals surface area (Å²) in [6.45, 7) is 5.08. The molecule has 0 amide bonds. The molecule has 2 atom stereocenters. The molecule has 1 aliphatic rings. The average molecular weight is 258 g/mol. The number of rotatable bonds is 5. The van der Waals surface area contributed by atoms with Crippen LogP contribution in [0.15, 0.2) is 24.3 Å². The predicted molar refractivity (Wildman–Crippen MR) is 76.1 cm³/mol. The maximum absolute atomic E-state index is 9.40. The number of hydrogen-bond acceptors (Lipinski definition) is 3. The first-order valence-corrected chi connectivity index (χ1v) is 7.07. The molecule has 2 rings (SSSR count). The van der Waals surface area contributed by atoms with E-state index in [0.717, 1.165) is 38.0 Å². The van der Waals surface area contributed by atoms with E-state index in [2.05, 4.69) is 37.4 Å². The molecule has 1 saturated carbocycles. The molecule has 3 nitrogen and oxygen atoms in total. The molecule has 1 aromatic carbocycles. The van der Waals surface area contributed by atoms with Gasteiger partial charge in [0.15, 0.2) is 0 Å². The smallest absolute Gasteiger partial charge is 0.119 e.